The molecule has 0 radical (unpaired) electrons. The van der Waals surface area contributed by atoms with Crippen molar-refractivity contribution in [1.82, 2.24) is 10.2 Å². The second-order valence-corrected chi connectivity index (χ2v) is 6.97. The van der Waals surface area contributed by atoms with Crippen LogP contribution in [0, 0.1) is 19.8 Å². The molecule has 0 atom stereocenters. The Labute approximate surface area is 143 Å². The predicted octanol–water partition coefficient (Wildman–Crippen LogP) is 2.20. The molecule has 130 valence electrons. The first-order valence-electron chi connectivity index (χ1n) is 8.81. The molecular weight excluding hydrogens is 304 g/mol. The van der Waals surface area contributed by atoms with Crippen LogP contribution in [-0.4, -0.2) is 42.5 Å². The minimum absolute atomic E-state index is 0.0141. The van der Waals surface area contributed by atoms with Gasteiger partial charge in [0.1, 0.15) is 5.75 Å². The van der Waals surface area contributed by atoms with Crippen LogP contribution in [0.5, 0.6) is 5.75 Å². The summed E-state index contributed by atoms with van der Waals surface area (Å²) < 4.78 is 5.63. The molecule has 2 fully saturated rings. The van der Waals surface area contributed by atoms with Crippen molar-refractivity contribution in [2.45, 2.75) is 45.6 Å². The molecule has 1 N–H and O–H groups in total. The number of nitrogens with zero attached hydrogens (tertiary/aromatic N) is 1. The number of benzene rings is 1. The number of carbonyl (C=O) groups is 2. The van der Waals surface area contributed by atoms with Crippen LogP contribution >= 0.6 is 0 Å². The van der Waals surface area contributed by atoms with Crippen LogP contribution in [0.15, 0.2) is 18.2 Å². The summed E-state index contributed by atoms with van der Waals surface area (Å²) in [7, 11) is 0. The molecule has 3 rings (SSSR count). The smallest absolute Gasteiger partial charge is 0.260 e. The number of piperidine rings is 1. The summed E-state index contributed by atoms with van der Waals surface area (Å²) in [6.45, 7) is 5.53. The Bertz CT molecular complexity index is 617. The highest BCUT2D eigenvalue weighted by Crippen LogP contribution is 2.29. The van der Waals surface area contributed by atoms with E-state index in [0.29, 0.717) is 13.1 Å². The molecule has 1 aromatic carbocycles. The van der Waals surface area contributed by atoms with E-state index < -0.39 is 0 Å². The van der Waals surface area contributed by atoms with Crippen LogP contribution in [0.25, 0.3) is 0 Å². The zero-order chi connectivity index (χ0) is 17.1. The molecule has 1 heterocycles. The van der Waals surface area contributed by atoms with Crippen LogP contribution < -0.4 is 10.1 Å². The lowest BCUT2D eigenvalue weighted by Crippen LogP contribution is -2.48. The van der Waals surface area contributed by atoms with Crippen molar-refractivity contribution in [1.29, 1.82) is 0 Å². The zero-order valence-corrected chi connectivity index (χ0v) is 14.5. The Hall–Kier alpha value is -2.04. The Balaban J connectivity index is 1.41. The normalized spacial score (nSPS) is 18.3. The number of hydrogen-bond acceptors (Lipinski definition) is 3. The van der Waals surface area contributed by atoms with Gasteiger partial charge in [-0.05, 0) is 62.8 Å². The van der Waals surface area contributed by atoms with Crippen LogP contribution in [-0.2, 0) is 9.59 Å². The maximum Gasteiger partial charge on any atom is 0.260 e. The molecule has 1 aliphatic carbocycles. The Morgan fingerprint density at radius 1 is 1.12 bits per heavy atom. The highest BCUT2D eigenvalue weighted by Gasteiger charge is 2.32. The molecule has 1 saturated carbocycles. The van der Waals surface area contributed by atoms with Crippen molar-refractivity contribution in [3.8, 4) is 5.75 Å². The standard InChI is InChI=1S/C19H26N2O3/c1-13-3-6-17(11-14(13)2)24-12-18(22)21-9-7-16(8-10-21)20-19(23)15-4-5-15/h3,6,11,15-16H,4-5,7-10,12H2,1-2H3,(H,20,23). The fourth-order valence-electron chi connectivity index (χ4n) is 2.98. The third kappa shape index (κ3) is 4.28. The van der Waals surface area contributed by atoms with E-state index in [2.05, 4.69) is 12.2 Å². The number of hydrogen-bond donors (Lipinski definition) is 1. The van der Waals surface area contributed by atoms with Crippen molar-refractivity contribution in [2.75, 3.05) is 19.7 Å². The van der Waals surface area contributed by atoms with E-state index in [9.17, 15) is 9.59 Å². The third-order valence-electron chi connectivity index (χ3n) is 4.98. The van der Waals surface area contributed by atoms with Crippen LogP contribution in [0.2, 0.25) is 0 Å². The number of aryl methyl sites for hydroxylation is 2. The zero-order valence-electron chi connectivity index (χ0n) is 14.5. The molecule has 0 aromatic heterocycles. The van der Waals surface area contributed by atoms with Gasteiger partial charge >= 0.3 is 0 Å². The summed E-state index contributed by atoms with van der Waals surface area (Å²) >= 11 is 0. The van der Waals surface area contributed by atoms with Gasteiger partial charge in [0.25, 0.3) is 5.91 Å². The molecular formula is C19H26N2O3. The van der Waals surface area contributed by atoms with Gasteiger partial charge < -0.3 is 15.0 Å². The average Bonchev–Trinajstić information content (AvgIpc) is 3.41. The molecule has 2 amide bonds. The largest absolute Gasteiger partial charge is 0.484 e. The van der Waals surface area contributed by atoms with E-state index >= 15 is 0 Å². The number of nitrogens with one attached hydrogen (secondary N) is 1. The molecule has 1 saturated heterocycles. The molecule has 1 aromatic rings. The van der Waals surface area contributed by atoms with Gasteiger partial charge in [0.15, 0.2) is 6.61 Å². The van der Waals surface area contributed by atoms with E-state index in [1.54, 1.807) is 0 Å². The van der Waals surface area contributed by atoms with Gasteiger partial charge in [0.2, 0.25) is 5.91 Å². The monoisotopic (exact) mass is 330 g/mol. The van der Waals surface area contributed by atoms with E-state index in [-0.39, 0.29) is 30.4 Å². The number of carbonyl (C=O) groups excluding carboxylic acids is 2. The van der Waals surface area contributed by atoms with Crippen LogP contribution in [0.3, 0.4) is 0 Å². The summed E-state index contributed by atoms with van der Waals surface area (Å²) in [6, 6.07) is 6.07. The predicted molar refractivity (Wildman–Crippen MR) is 91.9 cm³/mol. The Morgan fingerprint density at radius 3 is 2.46 bits per heavy atom. The quantitative estimate of drug-likeness (QED) is 0.900. The molecule has 1 aliphatic heterocycles. The summed E-state index contributed by atoms with van der Waals surface area (Å²) in [5, 5.41) is 3.10. The van der Waals surface area contributed by atoms with Crippen molar-refractivity contribution < 1.29 is 14.3 Å². The second kappa shape index (κ2) is 7.24. The summed E-state index contributed by atoms with van der Waals surface area (Å²) in [6.07, 6.45) is 3.71. The van der Waals surface area contributed by atoms with E-state index in [4.69, 9.17) is 4.74 Å². The molecule has 0 bridgehead atoms. The number of rotatable bonds is 5. The summed E-state index contributed by atoms with van der Waals surface area (Å²) in [5.41, 5.74) is 2.37. The lowest BCUT2D eigenvalue weighted by Gasteiger charge is -2.32. The highest BCUT2D eigenvalue weighted by atomic mass is 16.5. The molecule has 5 nitrogen and oxygen atoms in total. The van der Waals surface area contributed by atoms with Crippen molar-refractivity contribution >= 4 is 11.8 Å². The number of likely N-dealkylation sites (tertiary alicyclic amines) is 1. The molecule has 24 heavy (non-hydrogen) atoms. The van der Waals surface area contributed by atoms with Gasteiger partial charge in [-0.2, -0.15) is 0 Å². The van der Waals surface area contributed by atoms with Gasteiger partial charge in [-0.15, -0.1) is 0 Å². The SMILES string of the molecule is Cc1ccc(OCC(=O)N2CCC(NC(=O)C3CC3)CC2)cc1C. The average molecular weight is 330 g/mol. The summed E-state index contributed by atoms with van der Waals surface area (Å²) in [4.78, 5) is 25.9. The minimum Gasteiger partial charge on any atom is -0.484 e. The van der Waals surface area contributed by atoms with E-state index in [1.165, 1.54) is 5.56 Å². The molecule has 5 heteroatoms. The fraction of sp³-hybridized carbons (Fsp3) is 0.579. The van der Waals surface area contributed by atoms with Crippen LogP contribution in [0.4, 0.5) is 0 Å². The van der Waals surface area contributed by atoms with Crippen LogP contribution in [0.1, 0.15) is 36.8 Å². The lowest BCUT2D eigenvalue weighted by atomic mass is 10.0. The maximum atomic E-state index is 12.3. The first kappa shape index (κ1) is 16.8. The lowest BCUT2D eigenvalue weighted by molar-refractivity contribution is -0.134. The Morgan fingerprint density at radius 2 is 1.83 bits per heavy atom. The maximum absolute atomic E-state index is 12.3. The van der Waals surface area contributed by atoms with Gasteiger partial charge in [-0.3, -0.25) is 9.59 Å². The van der Waals surface area contributed by atoms with Crippen molar-refractivity contribution in [3.63, 3.8) is 0 Å². The summed E-state index contributed by atoms with van der Waals surface area (Å²) in [5.74, 6) is 1.19. The fourth-order valence-corrected chi connectivity index (χ4v) is 2.98. The van der Waals surface area contributed by atoms with Gasteiger partial charge in [0, 0.05) is 25.0 Å². The van der Waals surface area contributed by atoms with Gasteiger partial charge in [-0.25, -0.2) is 0 Å². The van der Waals surface area contributed by atoms with Gasteiger partial charge in [-0.1, -0.05) is 6.07 Å². The van der Waals surface area contributed by atoms with Gasteiger partial charge in [0.05, 0.1) is 0 Å². The number of ether oxygens (including phenoxy) is 1. The second-order valence-electron chi connectivity index (χ2n) is 6.97. The molecule has 2 aliphatic rings. The van der Waals surface area contributed by atoms with Crippen molar-refractivity contribution in [2.24, 2.45) is 5.92 Å². The van der Waals surface area contributed by atoms with E-state index in [0.717, 1.165) is 37.0 Å². The first-order chi connectivity index (χ1) is 11.5. The number of amides is 2. The highest BCUT2D eigenvalue weighted by molar-refractivity contribution is 5.81. The minimum atomic E-state index is 0.0141. The van der Waals surface area contributed by atoms with E-state index in [1.807, 2.05) is 30.0 Å². The first-order valence-corrected chi connectivity index (χ1v) is 8.81. The molecule has 0 unspecified atom stereocenters. The topological polar surface area (TPSA) is 58.6 Å². The van der Waals surface area contributed by atoms with Crippen molar-refractivity contribution in [3.05, 3.63) is 29.3 Å². The molecule has 0 spiro atoms. The third-order valence-corrected chi connectivity index (χ3v) is 4.98. The Kier molecular flexibility index (Phi) is 5.07.